The second-order valence-corrected chi connectivity index (χ2v) is 4.69. The molecule has 14 heavy (non-hydrogen) atoms. The summed E-state index contributed by atoms with van der Waals surface area (Å²) in [5.74, 6) is 0.916. The highest BCUT2D eigenvalue weighted by molar-refractivity contribution is 5.16. The summed E-state index contributed by atoms with van der Waals surface area (Å²) in [7, 11) is 0. The Bertz CT molecular complexity index is 272. The van der Waals surface area contributed by atoms with Gasteiger partial charge in [0.15, 0.2) is 0 Å². The van der Waals surface area contributed by atoms with Crippen LogP contribution >= 0.6 is 0 Å². The molecular weight excluding hydrogens is 174 g/mol. The molecule has 0 spiro atoms. The van der Waals surface area contributed by atoms with Crippen molar-refractivity contribution in [2.24, 2.45) is 0 Å². The predicted molar refractivity (Wildman–Crippen MR) is 58.6 cm³/mol. The molecule has 0 aromatic carbocycles. The number of nitrogens with zero attached hydrogens (tertiary/aromatic N) is 3. The molecule has 1 rings (SSSR count). The van der Waals surface area contributed by atoms with Crippen LogP contribution < -0.4 is 0 Å². The maximum Gasteiger partial charge on any atom is 0.0887 e. The molecule has 80 valence electrons. The van der Waals surface area contributed by atoms with Crippen molar-refractivity contribution in [2.45, 2.75) is 59.4 Å². The fourth-order valence-corrected chi connectivity index (χ4v) is 1.40. The molecule has 0 aliphatic heterocycles. The topological polar surface area (TPSA) is 30.7 Å². The third-order valence-corrected chi connectivity index (χ3v) is 2.24. The van der Waals surface area contributed by atoms with E-state index in [9.17, 15) is 0 Å². The van der Waals surface area contributed by atoms with Crippen LogP contribution in [0.15, 0.2) is 0 Å². The molecule has 0 atom stereocenters. The van der Waals surface area contributed by atoms with E-state index in [1.807, 2.05) is 4.80 Å². The van der Waals surface area contributed by atoms with Gasteiger partial charge in [0.25, 0.3) is 0 Å². The highest BCUT2D eigenvalue weighted by Crippen LogP contribution is 2.23. The van der Waals surface area contributed by atoms with Gasteiger partial charge < -0.3 is 0 Å². The Hall–Kier alpha value is -0.860. The van der Waals surface area contributed by atoms with Crippen LogP contribution in [0.3, 0.4) is 0 Å². The first-order chi connectivity index (χ1) is 6.43. The molecule has 0 aliphatic carbocycles. The van der Waals surface area contributed by atoms with Crippen molar-refractivity contribution in [2.75, 3.05) is 0 Å². The van der Waals surface area contributed by atoms with Gasteiger partial charge in [0.1, 0.15) is 0 Å². The minimum atomic E-state index is 0.347. The first-order valence-corrected chi connectivity index (χ1v) is 5.40. The Morgan fingerprint density at radius 3 is 1.36 bits per heavy atom. The van der Waals surface area contributed by atoms with Crippen molar-refractivity contribution in [3.63, 3.8) is 0 Å². The monoisotopic (exact) mass is 195 g/mol. The molecule has 0 aliphatic rings. The van der Waals surface area contributed by atoms with Crippen LogP contribution in [0.25, 0.3) is 0 Å². The lowest BCUT2D eigenvalue weighted by Crippen LogP contribution is -2.05. The second kappa shape index (κ2) is 4.11. The lowest BCUT2D eigenvalue weighted by Gasteiger charge is -2.04. The first kappa shape index (κ1) is 11.2. The van der Waals surface area contributed by atoms with Crippen LogP contribution in [0, 0.1) is 0 Å². The SMILES string of the molecule is CC(C)c1nn(C(C)C)nc1C(C)C. The van der Waals surface area contributed by atoms with Crippen molar-refractivity contribution in [3.8, 4) is 0 Å². The molecule has 3 heteroatoms. The first-order valence-electron chi connectivity index (χ1n) is 5.40. The normalized spacial score (nSPS) is 12.1. The fraction of sp³-hybridized carbons (Fsp3) is 0.818. The molecule has 0 bridgehead atoms. The summed E-state index contributed by atoms with van der Waals surface area (Å²) >= 11 is 0. The molecule has 3 nitrogen and oxygen atoms in total. The number of hydrogen-bond acceptors (Lipinski definition) is 2. The summed E-state index contributed by atoms with van der Waals surface area (Å²) in [5, 5.41) is 9.07. The Labute approximate surface area is 86.5 Å². The highest BCUT2D eigenvalue weighted by atomic mass is 15.5. The van der Waals surface area contributed by atoms with E-state index in [0.29, 0.717) is 17.9 Å². The van der Waals surface area contributed by atoms with E-state index in [1.165, 1.54) is 0 Å². The van der Waals surface area contributed by atoms with Crippen molar-refractivity contribution >= 4 is 0 Å². The average Bonchev–Trinajstić information content (AvgIpc) is 2.47. The summed E-state index contributed by atoms with van der Waals surface area (Å²) in [5.41, 5.74) is 2.29. The predicted octanol–water partition coefficient (Wildman–Crippen LogP) is 3.11. The van der Waals surface area contributed by atoms with Gasteiger partial charge in [0.2, 0.25) is 0 Å². The van der Waals surface area contributed by atoms with E-state index in [0.717, 1.165) is 11.4 Å². The number of aromatic nitrogens is 3. The molecule has 0 radical (unpaired) electrons. The Kier molecular flexibility index (Phi) is 3.29. The van der Waals surface area contributed by atoms with Gasteiger partial charge >= 0.3 is 0 Å². The van der Waals surface area contributed by atoms with Gasteiger partial charge in [-0.25, -0.2) is 0 Å². The molecule has 1 aromatic rings. The molecule has 1 aromatic heterocycles. The van der Waals surface area contributed by atoms with Crippen molar-refractivity contribution in [1.29, 1.82) is 0 Å². The molecule has 0 N–H and O–H groups in total. The van der Waals surface area contributed by atoms with Gasteiger partial charge in [0, 0.05) is 0 Å². The van der Waals surface area contributed by atoms with Gasteiger partial charge in [-0.2, -0.15) is 15.0 Å². The lowest BCUT2D eigenvalue weighted by molar-refractivity contribution is 0.457. The average molecular weight is 195 g/mol. The van der Waals surface area contributed by atoms with Crippen molar-refractivity contribution in [3.05, 3.63) is 11.4 Å². The second-order valence-electron chi connectivity index (χ2n) is 4.69. The summed E-state index contributed by atoms with van der Waals surface area (Å²) in [4.78, 5) is 1.82. The standard InChI is InChI=1S/C11H21N3/c1-7(2)10-11(8(3)4)13-14(12-10)9(5)6/h7-9H,1-6H3. The van der Waals surface area contributed by atoms with Crippen LogP contribution in [0.1, 0.15) is 70.8 Å². The van der Waals surface area contributed by atoms with Crippen LogP contribution in [0.2, 0.25) is 0 Å². The zero-order valence-electron chi connectivity index (χ0n) is 10.1. The van der Waals surface area contributed by atoms with Gasteiger partial charge in [-0.05, 0) is 25.7 Å². The minimum absolute atomic E-state index is 0.347. The van der Waals surface area contributed by atoms with E-state index in [4.69, 9.17) is 0 Å². The highest BCUT2D eigenvalue weighted by Gasteiger charge is 2.17. The smallest absolute Gasteiger partial charge is 0.0887 e. The van der Waals surface area contributed by atoms with Crippen LogP contribution in [0.4, 0.5) is 0 Å². The number of hydrogen-bond donors (Lipinski definition) is 0. The summed E-state index contributed by atoms with van der Waals surface area (Å²) in [6, 6.07) is 0.347. The summed E-state index contributed by atoms with van der Waals surface area (Å²) < 4.78 is 0. The molecule has 0 saturated heterocycles. The van der Waals surface area contributed by atoms with E-state index in [2.05, 4.69) is 51.7 Å². The van der Waals surface area contributed by atoms with E-state index < -0.39 is 0 Å². The summed E-state index contributed by atoms with van der Waals surface area (Å²) in [6.45, 7) is 12.9. The third kappa shape index (κ3) is 2.14. The van der Waals surface area contributed by atoms with E-state index >= 15 is 0 Å². The van der Waals surface area contributed by atoms with Gasteiger partial charge in [-0.1, -0.05) is 27.7 Å². The maximum atomic E-state index is 4.54. The molecule has 0 amide bonds. The zero-order valence-corrected chi connectivity index (χ0v) is 10.1. The third-order valence-electron chi connectivity index (χ3n) is 2.24. The maximum absolute atomic E-state index is 4.54. The van der Waals surface area contributed by atoms with Gasteiger partial charge in [-0.15, -0.1) is 0 Å². The molecular formula is C11H21N3. The Morgan fingerprint density at radius 2 is 1.14 bits per heavy atom. The number of rotatable bonds is 3. The molecule has 0 unspecified atom stereocenters. The van der Waals surface area contributed by atoms with Crippen molar-refractivity contribution in [1.82, 2.24) is 15.0 Å². The molecule has 1 heterocycles. The van der Waals surface area contributed by atoms with Crippen LogP contribution in [-0.4, -0.2) is 15.0 Å². The van der Waals surface area contributed by atoms with Gasteiger partial charge in [0.05, 0.1) is 17.4 Å². The van der Waals surface area contributed by atoms with E-state index in [-0.39, 0.29) is 0 Å². The van der Waals surface area contributed by atoms with Crippen LogP contribution in [-0.2, 0) is 0 Å². The Morgan fingerprint density at radius 1 is 0.786 bits per heavy atom. The summed E-state index contributed by atoms with van der Waals surface area (Å²) in [6.07, 6.45) is 0. The minimum Gasteiger partial charge on any atom is -0.182 e. The fourth-order valence-electron chi connectivity index (χ4n) is 1.40. The quantitative estimate of drug-likeness (QED) is 0.742. The van der Waals surface area contributed by atoms with Crippen LogP contribution in [0.5, 0.6) is 0 Å². The Balaban J connectivity index is 3.12. The molecule has 0 saturated carbocycles. The zero-order chi connectivity index (χ0) is 10.9. The largest absolute Gasteiger partial charge is 0.182 e. The van der Waals surface area contributed by atoms with Crippen molar-refractivity contribution < 1.29 is 0 Å². The lowest BCUT2D eigenvalue weighted by atomic mass is 10.0. The molecule has 0 fully saturated rings. The van der Waals surface area contributed by atoms with E-state index in [1.54, 1.807) is 0 Å². The van der Waals surface area contributed by atoms with Gasteiger partial charge in [-0.3, -0.25) is 0 Å².